The molecule has 0 aliphatic carbocycles. The van der Waals surface area contributed by atoms with Crippen LogP contribution >= 0.6 is 22.9 Å². The van der Waals surface area contributed by atoms with Crippen molar-refractivity contribution in [1.82, 2.24) is 5.43 Å². The van der Waals surface area contributed by atoms with E-state index in [2.05, 4.69) is 42.7 Å². The molecule has 102 valence electrons. The molecule has 1 atom stereocenters. The fourth-order valence-corrected chi connectivity index (χ4v) is 3.21. The molecule has 19 heavy (non-hydrogen) atoms. The summed E-state index contributed by atoms with van der Waals surface area (Å²) in [5.74, 6) is 5.64. The predicted molar refractivity (Wildman–Crippen MR) is 83.6 cm³/mol. The van der Waals surface area contributed by atoms with Crippen molar-refractivity contribution >= 4 is 22.9 Å². The molecule has 0 saturated carbocycles. The molecule has 0 aliphatic heterocycles. The van der Waals surface area contributed by atoms with Gasteiger partial charge in [0, 0.05) is 10.9 Å². The van der Waals surface area contributed by atoms with Crippen molar-refractivity contribution in [2.75, 3.05) is 0 Å². The third kappa shape index (κ3) is 4.62. The lowest BCUT2D eigenvalue weighted by Gasteiger charge is -2.14. The summed E-state index contributed by atoms with van der Waals surface area (Å²) in [6, 6.07) is 13.0. The van der Waals surface area contributed by atoms with Gasteiger partial charge < -0.3 is 0 Å². The molecule has 1 aromatic carbocycles. The van der Waals surface area contributed by atoms with Gasteiger partial charge in [0.25, 0.3) is 0 Å². The highest BCUT2D eigenvalue weighted by molar-refractivity contribution is 7.16. The average molecular weight is 295 g/mol. The van der Waals surface area contributed by atoms with Crippen LogP contribution < -0.4 is 11.3 Å². The standard InChI is InChI=1S/C15H19ClN2S/c1-11-2-4-12(5-3-11)6-7-13(18-17)10-14-8-9-15(16)19-14/h2-5,8-9,13,18H,6-7,10,17H2,1H3. The average Bonchev–Trinajstić information content (AvgIpc) is 2.82. The van der Waals surface area contributed by atoms with Crippen LogP contribution in [0.5, 0.6) is 0 Å². The maximum Gasteiger partial charge on any atom is 0.0931 e. The number of nitrogens with two attached hydrogens (primary N) is 1. The Kier molecular flexibility index (Phi) is 5.40. The summed E-state index contributed by atoms with van der Waals surface area (Å²) in [5, 5.41) is 0. The van der Waals surface area contributed by atoms with Crippen molar-refractivity contribution in [3.8, 4) is 0 Å². The third-order valence-corrected chi connectivity index (χ3v) is 4.47. The molecule has 1 unspecified atom stereocenters. The van der Waals surface area contributed by atoms with Crippen molar-refractivity contribution in [2.45, 2.75) is 32.2 Å². The Morgan fingerprint density at radius 1 is 1.21 bits per heavy atom. The summed E-state index contributed by atoms with van der Waals surface area (Å²) in [7, 11) is 0. The lowest BCUT2D eigenvalue weighted by Crippen LogP contribution is -2.36. The van der Waals surface area contributed by atoms with Gasteiger partial charge in [-0.2, -0.15) is 0 Å². The van der Waals surface area contributed by atoms with E-state index in [4.69, 9.17) is 17.4 Å². The van der Waals surface area contributed by atoms with E-state index in [1.807, 2.05) is 6.07 Å². The molecule has 0 bridgehead atoms. The highest BCUT2D eigenvalue weighted by Crippen LogP contribution is 2.23. The van der Waals surface area contributed by atoms with Crippen molar-refractivity contribution in [3.05, 3.63) is 56.7 Å². The highest BCUT2D eigenvalue weighted by atomic mass is 35.5. The fourth-order valence-electron chi connectivity index (χ4n) is 2.04. The summed E-state index contributed by atoms with van der Waals surface area (Å²) < 4.78 is 0.837. The van der Waals surface area contributed by atoms with Gasteiger partial charge in [-0.25, -0.2) is 0 Å². The van der Waals surface area contributed by atoms with Gasteiger partial charge in [0.1, 0.15) is 0 Å². The zero-order valence-electron chi connectivity index (χ0n) is 11.0. The summed E-state index contributed by atoms with van der Waals surface area (Å²) in [4.78, 5) is 1.27. The SMILES string of the molecule is Cc1ccc(CCC(Cc2ccc(Cl)s2)NN)cc1. The van der Waals surface area contributed by atoms with Crippen LogP contribution in [0, 0.1) is 6.92 Å². The molecule has 2 nitrogen and oxygen atoms in total. The molecule has 0 radical (unpaired) electrons. The Balaban J connectivity index is 1.87. The zero-order valence-corrected chi connectivity index (χ0v) is 12.6. The Labute approximate surface area is 123 Å². The molecule has 0 saturated heterocycles. The first-order chi connectivity index (χ1) is 9.17. The number of hydrogen-bond donors (Lipinski definition) is 2. The molecule has 2 rings (SSSR count). The lowest BCUT2D eigenvalue weighted by atomic mass is 10.0. The minimum Gasteiger partial charge on any atom is -0.271 e. The van der Waals surface area contributed by atoms with Gasteiger partial charge in [0.15, 0.2) is 0 Å². The van der Waals surface area contributed by atoms with E-state index in [1.165, 1.54) is 16.0 Å². The Bertz CT molecular complexity index is 507. The van der Waals surface area contributed by atoms with E-state index in [0.29, 0.717) is 0 Å². The van der Waals surface area contributed by atoms with Crippen molar-refractivity contribution in [3.63, 3.8) is 0 Å². The topological polar surface area (TPSA) is 38.0 Å². The number of thiophene rings is 1. The molecule has 3 N–H and O–H groups in total. The maximum absolute atomic E-state index is 5.94. The number of halogens is 1. The number of hydrogen-bond acceptors (Lipinski definition) is 3. The molecule has 2 aromatic rings. The molecule has 4 heteroatoms. The van der Waals surface area contributed by atoms with E-state index in [-0.39, 0.29) is 6.04 Å². The number of rotatable bonds is 6. The molecular formula is C15H19ClN2S. The van der Waals surface area contributed by atoms with Crippen LogP contribution in [0.2, 0.25) is 4.34 Å². The van der Waals surface area contributed by atoms with Crippen LogP contribution in [0.3, 0.4) is 0 Å². The van der Waals surface area contributed by atoms with Gasteiger partial charge in [-0.05, 0) is 43.9 Å². The molecular weight excluding hydrogens is 276 g/mol. The second-order valence-electron chi connectivity index (χ2n) is 4.80. The van der Waals surface area contributed by atoms with Crippen LogP contribution in [0.15, 0.2) is 36.4 Å². The summed E-state index contributed by atoms with van der Waals surface area (Å²) in [5.41, 5.74) is 5.56. The quantitative estimate of drug-likeness (QED) is 0.629. The van der Waals surface area contributed by atoms with E-state index < -0.39 is 0 Å². The Morgan fingerprint density at radius 3 is 2.53 bits per heavy atom. The van der Waals surface area contributed by atoms with Crippen LogP contribution in [-0.4, -0.2) is 6.04 Å². The number of hydrazine groups is 1. The van der Waals surface area contributed by atoms with Crippen LogP contribution in [0.1, 0.15) is 22.4 Å². The molecule has 0 spiro atoms. The van der Waals surface area contributed by atoms with E-state index in [9.17, 15) is 0 Å². The largest absolute Gasteiger partial charge is 0.271 e. The van der Waals surface area contributed by atoms with Gasteiger partial charge in [0.2, 0.25) is 0 Å². The van der Waals surface area contributed by atoms with Crippen molar-refractivity contribution in [2.24, 2.45) is 5.84 Å². The summed E-state index contributed by atoms with van der Waals surface area (Å²) in [6.07, 6.45) is 2.99. The minimum absolute atomic E-state index is 0.288. The monoisotopic (exact) mass is 294 g/mol. The number of benzene rings is 1. The van der Waals surface area contributed by atoms with Gasteiger partial charge in [-0.15, -0.1) is 11.3 Å². The van der Waals surface area contributed by atoms with Crippen LogP contribution in [-0.2, 0) is 12.8 Å². The van der Waals surface area contributed by atoms with Crippen molar-refractivity contribution < 1.29 is 0 Å². The minimum atomic E-state index is 0.288. The summed E-state index contributed by atoms with van der Waals surface area (Å²) >= 11 is 7.57. The number of nitrogens with one attached hydrogen (secondary N) is 1. The maximum atomic E-state index is 5.94. The van der Waals surface area contributed by atoms with Gasteiger partial charge in [-0.1, -0.05) is 41.4 Å². The molecule has 0 fully saturated rings. The van der Waals surface area contributed by atoms with E-state index in [1.54, 1.807) is 11.3 Å². The van der Waals surface area contributed by atoms with E-state index in [0.717, 1.165) is 23.6 Å². The predicted octanol–water partition coefficient (Wildman–Crippen LogP) is 3.72. The third-order valence-electron chi connectivity index (χ3n) is 3.21. The van der Waals surface area contributed by atoms with Gasteiger partial charge in [-0.3, -0.25) is 11.3 Å². The Morgan fingerprint density at radius 2 is 1.95 bits per heavy atom. The van der Waals surface area contributed by atoms with Gasteiger partial charge in [0.05, 0.1) is 4.34 Å². The van der Waals surface area contributed by atoms with Crippen molar-refractivity contribution in [1.29, 1.82) is 0 Å². The first-order valence-electron chi connectivity index (χ1n) is 6.43. The molecule has 0 amide bonds. The van der Waals surface area contributed by atoms with Crippen LogP contribution in [0.4, 0.5) is 0 Å². The smallest absolute Gasteiger partial charge is 0.0931 e. The molecule has 1 aromatic heterocycles. The summed E-state index contributed by atoms with van der Waals surface area (Å²) in [6.45, 7) is 2.11. The zero-order chi connectivity index (χ0) is 13.7. The first kappa shape index (κ1) is 14.5. The second kappa shape index (κ2) is 7.06. The highest BCUT2D eigenvalue weighted by Gasteiger charge is 2.09. The normalized spacial score (nSPS) is 12.6. The molecule has 1 heterocycles. The van der Waals surface area contributed by atoms with Crippen LogP contribution in [0.25, 0.3) is 0 Å². The lowest BCUT2D eigenvalue weighted by molar-refractivity contribution is 0.494. The molecule has 0 aliphatic rings. The van der Waals surface area contributed by atoms with Gasteiger partial charge >= 0.3 is 0 Å². The van der Waals surface area contributed by atoms with E-state index >= 15 is 0 Å². The second-order valence-corrected chi connectivity index (χ2v) is 6.60. The first-order valence-corrected chi connectivity index (χ1v) is 7.62. The number of aryl methyl sites for hydroxylation is 2. The fraction of sp³-hybridized carbons (Fsp3) is 0.333. The Hall–Kier alpha value is -0.870.